The number of aryl methyl sites for hydroxylation is 1. The molecule has 5 rings (SSSR count). The molecule has 3 amide bonds. The van der Waals surface area contributed by atoms with Gasteiger partial charge in [0.15, 0.2) is 0 Å². The third-order valence-corrected chi connectivity index (χ3v) is 8.06. The quantitative estimate of drug-likeness (QED) is 0.368. The van der Waals surface area contributed by atoms with Crippen LogP contribution in [0.3, 0.4) is 0 Å². The van der Waals surface area contributed by atoms with E-state index in [1.165, 1.54) is 4.90 Å². The van der Waals surface area contributed by atoms with E-state index in [4.69, 9.17) is 27.9 Å². The van der Waals surface area contributed by atoms with E-state index in [-0.39, 0.29) is 30.1 Å². The number of benzene rings is 2. The molecule has 0 atom stereocenters. The maximum atomic E-state index is 13.2. The molecule has 0 N–H and O–H groups in total. The van der Waals surface area contributed by atoms with Crippen LogP contribution in [0.4, 0.5) is 4.79 Å². The van der Waals surface area contributed by atoms with Crippen LogP contribution in [0.5, 0.6) is 0 Å². The SMILES string of the molecule is CCc1cccc2c(/C=C3\SC(=O)N(Cc4ccc(Cl)cc4Cl)C3=O)cn(CC(=O)N3CCOCC3)c12. The van der Waals surface area contributed by atoms with Crippen molar-refractivity contribution in [3.05, 3.63) is 74.2 Å². The van der Waals surface area contributed by atoms with Crippen LogP contribution in [0.25, 0.3) is 17.0 Å². The molecule has 3 heterocycles. The van der Waals surface area contributed by atoms with Gasteiger partial charge in [-0.05, 0) is 47.5 Å². The number of aromatic nitrogens is 1. The van der Waals surface area contributed by atoms with Gasteiger partial charge in [-0.25, -0.2) is 0 Å². The number of thioether (sulfide) groups is 1. The summed E-state index contributed by atoms with van der Waals surface area (Å²) in [4.78, 5) is 42.3. The fourth-order valence-electron chi connectivity index (χ4n) is 4.65. The summed E-state index contributed by atoms with van der Waals surface area (Å²) in [5, 5.41) is 1.46. The predicted octanol–water partition coefficient (Wildman–Crippen LogP) is 5.61. The van der Waals surface area contributed by atoms with Crippen molar-refractivity contribution in [2.75, 3.05) is 26.3 Å². The van der Waals surface area contributed by atoms with Crippen molar-refractivity contribution in [1.29, 1.82) is 0 Å². The summed E-state index contributed by atoms with van der Waals surface area (Å²) in [5.41, 5.74) is 3.50. The van der Waals surface area contributed by atoms with E-state index in [0.29, 0.717) is 46.8 Å². The lowest BCUT2D eigenvalue weighted by Crippen LogP contribution is -2.42. The van der Waals surface area contributed by atoms with Crippen molar-refractivity contribution < 1.29 is 19.1 Å². The Hall–Kier alpha value is -2.78. The Kier molecular flexibility index (Phi) is 7.62. The Morgan fingerprint density at radius 1 is 1.11 bits per heavy atom. The van der Waals surface area contributed by atoms with Crippen molar-refractivity contribution in [3.63, 3.8) is 0 Å². The number of carbonyl (C=O) groups excluding carboxylic acids is 3. The van der Waals surface area contributed by atoms with Gasteiger partial charge in [-0.15, -0.1) is 0 Å². The number of fused-ring (bicyclic) bond motifs is 1. The minimum Gasteiger partial charge on any atom is -0.378 e. The molecule has 2 fully saturated rings. The smallest absolute Gasteiger partial charge is 0.293 e. The lowest BCUT2D eigenvalue weighted by Gasteiger charge is -2.27. The Labute approximate surface area is 228 Å². The molecule has 0 radical (unpaired) electrons. The molecular weight excluding hydrogens is 533 g/mol. The highest BCUT2D eigenvalue weighted by Crippen LogP contribution is 2.36. The summed E-state index contributed by atoms with van der Waals surface area (Å²) in [6.07, 6.45) is 4.43. The topological polar surface area (TPSA) is 71.9 Å². The van der Waals surface area contributed by atoms with Crippen LogP contribution in [0.15, 0.2) is 47.5 Å². The highest BCUT2D eigenvalue weighted by atomic mass is 35.5. The van der Waals surface area contributed by atoms with Crippen LogP contribution < -0.4 is 0 Å². The molecule has 10 heteroatoms. The number of rotatable bonds is 6. The Morgan fingerprint density at radius 2 is 1.89 bits per heavy atom. The number of para-hydroxylation sites is 1. The average molecular weight is 558 g/mol. The van der Waals surface area contributed by atoms with Crippen LogP contribution in [-0.2, 0) is 33.8 Å². The number of ether oxygens (including phenoxy) is 1. The van der Waals surface area contributed by atoms with Gasteiger partial charge in [0.2, 0.25) is 5.91 Å². The zero-order valence-corrected chi connectivity index (χ0v) is 22.5. The summed E-state index contributed by atoms with van der Waals surface area (Å²) in [6, 6.07) is 11.0. The van der Waals surface area contributed by atoms with Gasteiger partial charge in [-0.2, -0.15) is 0 Å². The number of halogens is 2. The number of nitrogens with zero attached hydrogens (tertiary/aromatic N) is 3. The van der Waals surface area contributed by atoms with Gasteiger partial charge in [0.1, 0.15) is 6.54 Å². The monoisotopic (exact) mass is 557 g/mol. The van der Waals surface area contributed by atoms with Gasteiger partial charge < -0.3 is 14.2 Å². The zero-order valence-electron chi connectivity index (χ0n) is 20.2. The molecule has 192 valence electrons. The van der Waals surface area contributed by atoms with E-state index in [2.05, 4.69) is 6.92 Å². The molecule has 37 heavy (non-hydrogen) atoms. The van der Waals surface area contributed by atoms with Crippen LogP contribution in [0, 0.1) is 0 Å². The van der Waals surface area contributed by atoms with Gasteiger partial charge in [0, 0.05) is 40.3 Å². The van der Waals surface area contributed by atoms with Crippen molar-refractivity contribution in [3.8, 4) is 0 Å². The molecule has 0 bridgehead atoms. The summed E-state index contributed by atoms with van der Waals surface area (Å²) in [6.45, 7) is 4.57. The van der Waals surface area contributed by atoms with Crippen LogP contribution in [-0.4, -0.2) is 57.7 Å². The Morgan fingerprint density at radius 3 is 2.62 bits per heavy atom. The lowest BCUT2D eigenvalue weighted by molar-refractivity contribution is -0.135. The maximum Gasteiger partial charge on any atom is 0.293 e. The minimum absolute atomic E-state index is 0.0258. The van der Waals surface area contributed by atoms with E-state index in [9.17, 15) is 14.4 Å². The van der Waals surface area contributed by atoms with Gasteiger partial charge >= 0.3 is 0 Å². The van der Waals surface area contributed by atoms with Crippen LogP contribution in [0.1, 0.15) is 23.6 Å². The fraction of sp³-hybridized carbons (Fsp3) is 0.296. The van der Waals surface area contributed by atoms with E-state index in [1.54, 1.807) is 24.3 Å². The number of hydrogen-bond acceptors (Lipinski definition) is 5. The second-order valence-electron chi connectivity index (χ2n) is 8.88. The van der Waals surface area contributed by atoms with Crippen LogP contribution in [0.2, 0.25) is 10.0 Å². The molecule has 2 aromatic carbocycles. The second kappa shape index (κ2) is 10.9. The summed E-state index contributed by atoms with van der Waals surface area (Å²) in [5.74, 6) is -0.351. The average Bonchev–Trinajstić information content (AvgIpc) is 3.37. The predicted molar refractivity (Wildman–Crippen MR) is 147 cm³/mol. The van der Waals surface area contributed by atoms with Crippen LogP contribution >= 0.6 is 35.0 Å². The van der Waals surface area contributed by atoms with Gasteiger partial charge in [-0.3, -0.25) is 19.3 Å². The number of hydrogen-bond donors (Lipinski definition) is 0. The molecule has 2 saturated heterocycles. The normalized spacial score (nSPS) is 17.4. The first-order chi connectivity index (χ1) is 17.9. The van der Waals surface area contributed by atoms with Gasteiger partial charge in [0.05, 0.1) is 30.2 Å². The van der Waals surface area contributed by atoms with Crippen molar-refractivity contribution >= 4 is 69.0 Å². The maximum absolute atomic E-state index is 13.2. The first-order valence-corrected chi connectivity index (χ1v) is 13.6. The Balaban J connectivity index is 1.46. The molecule has 7 nitrogen and oxygen atoms in total. The molecule has 2 aliphatic rings. The molecule has 0 spiro atoms. The molecule has 1 aromatic heterocycles. The molecule has 3 aromatic rings. The van der Waals surface area contributed by atoms with E-state index in [0.717, 1.165) is 40.2 Å². The van der Waals surface area contributed by atoms with Crippen molar-refractivity contribution in [2.45, 2.75) is 26.4 Å². The second-order valence-corrected chi connectivity index (χ2v) is 10.7. The fourth-order valence-corrected chi connectivity index (χ4v) is 5.94. The van der Waals surface area contributed by atoms with Gasteiger partial charge in [0.25, 0.3) is 11.1 Å². The van der Waals surface area contributed by atoms with Crippen molar-refractivity contribution in [1.82, 2.24) is 14.4 Å². The highest BCUT2D eigenvalue weighted by Gasteiger charge is 2.35. The molecule has 2 aliphatic heterocycles. The molecule has 0 unspecified atom stereocenters. The third kappa shape index (κ3) is 5.29. The largest absolute Gasteiger partial charge is 0.378 e. The number of amides is 3. The number of carbonyl (C=O) groups is 3. The zero-order chi connectivity index (χ0) is 26.1. The van der Waals surface area contributed by atoms with Crippen molar-refractivity contribution in [2.24, 2.45) is 0 Å². The Bertz CT molecular complexity index is 1430. The van der Waals surface area contributed by atoms with Gasteiger partial charge in [-0.1, -0.05) is 54.4 Å². The van der Waals surface area contributed by atoms with E-state index in [1.807, 2.05) is 33.9 Å². The highest BCUT2D eigenvalue weighted by molar-refractivity contribution is 8.18. The number of morpholine rings is 1. The summed E-state index contributed by atoms with van der Waals surface area (Å²) in [7, 11) is 0. The third-order valence-electron chi connectivity index (χ3n) is 6.57. The summed E-state index contributed by atoms with van der Waals surface area (Å²) < 4.78 is 7.33. The minimum atomic E-state index is -0.377. The molecule has 0 aliphatic carbocycles. The van der Waals surface area contributed by atoms with E-state index < -0.39 is 0 Å². The van der Waals surface area contributed by atoms with E-state index >= 15 is 0 Å². The molecular formula is C27H25Cl2N3O4S. The molecule has 0 saturated carbocycles. The summed E-state index contributed by atoms with van der Waals surface area (Å²) >= 11 is 13.1. The first kappa shape index (κ1) is 25.9. The standard InChI is InChI=1S/C27H25Cl2N3O4S/c1-2-17-4-3-5-21-19(14-31(25(17)21)16-24(33)30-8-10-36-11-9-30)12-23-26(34)32(27(35)37-23)15-18-6-7-20(28)13-22(18)29/h3-7,12-14H,2,8-11,15-16H2,1H3/b23-12-. The lowest BCUT2D eigenvalue weighted by atomic mass is 10.1. The number of imide groups is 1. The first-order valence-electron chi connectivity index (χ1n) is 12.0.